The molecule has 0 saturated heterocycles. The number of carbonyl (C=O) groups is 1. The lowest BCUT2D eigenvalue weighted by atomic mass is 10.1. The molecule has 0 saturated carbocycles. The molecule has 33 heavy (non-hydrogen) atoms. The van der Waals surface area contributed by atoms with Gasteiger partial charge >= 0.3 is 5.69 Å². The number of hydrogen-bond donors (Lipinski definition) is 2. The van der Waals surface area contributed by atoms with Crippen LogP contribution >= 0.6 is 0 Å². The Morgan fingerprint density at radius 1 is 1.12 bits per heavy atom. The Morgan fingerprint density at radius 2 is 1.82 bits per heavy atom. The number of amides is 1. The van der Waals surface area contributed by atoms with Gasteiger partial charge in [-0.05, 0) is 61.0 Å². The zero-order valence-electron chi connectivity index (χ0n) is 17.4. The second-order valence-corrected chi connectivity index (χ2v) is 8.72. The van der Waals surface area contributed by atoms with Crippen molar-refractivity contribution in [3.05, 3.63) is 93.8 Å². The number of nitrogens with zero attached hydrogens (tertiary/aromatic N) is 2. The molecule has 1 amide bonds. The van der Waals surface area contributed by atoms with E-state index < -0.39 is 37.1 Å². The second kappa shape index (κ2) is 9.65. The van der Waals surface area contributed by atoms with Crippen LogP contribution < -0.4 is 4.72 Å². The number of sulfonamides is 1. The van der Waals surface area contributed by atoms with Crippen LogP contribution in [0, 0.1) is 15.9 Å². The summed E-state index contributed by atoms with van der Waals surface area (Å²) in [5.74, 6) is -1.36. The average Bonchev–Trinajstić information content (AvgIpc) is 2.77. The van der Waals surface area contributed by atoms with Crippen LogP contribution in [0.25, 0.3) is 0 Å². The average molecular weight is 473 g/mol. The zero-order chi connectivity index (χ0) is 24.2. The van der Waals surface area contributed by atoms with Gasteiger partial charge in [-0.2, -0.15) is 0 Å². The van der Waals surface area contributed by atoms with Crippen molar-refractivity contribution in [3.8, 4) is 5.75 Å². The van der Waals surface area contributed by atoms with Gasteiger partial charge in [0.1, 0.15) is 5.82 Å². The first kappa shape index (κ1) is 23.7. The van der Waals surface area contributed by atoms with Crippen molar-refractivity contribution in [2.75, 3.05) is 11.3 Å². The van der Waals surface area contributed by atoms with E-state index in [1.54, 1.807) is 19.1 Å². The van der Waals surface area contributed by atoms with Gasteiger partial charge in [-0.15, -0.1) is 0 Å². The highest BCUT2D eigenvalue weighted by atomic mass is 32.2. The Balaban J connectivity index is 1.76. The van der Waals surface area contributed by atoms with Gasteiger partial charge in [0.15, 0.2) is 5.75 Å². The number of aromatic hydroxyl groups is 1. The minimum atomic E-state index is -4.18. The van der Waals surface area contributed by atoms with Crippen molar-refractivity contribution >= 4 is 27.3 Å². The number of nitro benzene ring substituents is 1. The molecule has 3 rings (SSSR count). The number of phenols is 1. The van der Waals surface area contributed by atoms with Crippen LogP contribution in [0.2, 0.25) is 0 Å². The van der Waals surface area contributed by atoms with Crippen LogP contribution in [0.1, 0.15) is 22.8 Å². The first-order valence-electron chi connectivity index (χ1n) is 9.74. The third-order valence-corrected chi connectivity index (χ3v) is 6.15. The Morgan fingerprint density at radius 3 is 2.42 bits per heavy atom. The number of halogens is 1. The van der Waals surface area contributed by atoms with Gasteiger partial charge in [-0.25, -0.2) is 12.8 Å². The van der Waals surface area contributed by atoms with Gasteiger partial charge in [-0.1, -0.05) is 12.1 Å². The number of anilines is 1. The standard InChI is InChI=1S/C22H20FN3O6S/c1-2-25(14-15-4-3-5-17(23)12-15)22(28)16-6-8-18(9-7-16)24-33(31,32)19-10-11-21(27)20(13-19)26(29)30/h3-13,24,27H,2,14H2,1H3. The Bertz CT molecular complexity index is 1300. The smallest absolute Gasteiger partial charge is 0.312 e. The molecule has 0 aliphatic carbocycles. The molecule has 172 valence electrons. The van der Waals surface area contributed by atoms with E-state index in [0.717, 1.165) is 18.2 Å². The van der Waals surface area contributed by atoms with E-state index in [9.17, 15) is 32.8 Å². The van der Waals surface area contributed by atoms with Crippen molar-refractivity contribution in [1.82, 2.24) is 4.90 Å². The molecule has 3 aromatic rings. The fourth-order valence-electron chi connectivity index (χ4n) is 3.08. The second-order valence-electron chi connectivity index (χ2n) is 7.04. The number of nitrogens with one attached hydrogen (secondary N) is 1. The molecule has 2 N–H and O–H groups in total. The lowest BCUT2D eigenvalue weighted by Gasteiger charge is -2.21. The molecule has 0 bridgehead atoms. The van der Waals surface area contributed by atoms with Crippen LogP contribution in [0.4, 0.5) is 15.8 Å². The molecule has 0 heterocycles. The predicted octanol–water partition coefficient (Wildman–Crippen LogP) is 3.90. The monoisotopic (exact) mass is 473 g/mol. The molecule has 0 aliphatic rings. The van der Waals surface area contributed by atoms with Gasteiger partial charge in [0.25, 0.3) is 15.9 Å². The highest BCUT2D eigenvalue weighted by Crippen LogP contribution is 2.29. The minimum Gasteiger partial charge on any atom is -0.502 e. The van der Waals surface area contributed by atoms with Gasteiger partial charge in [0.2, 0.25) is 0 Å². The van der Waals surface area contributed by atoms with Gasteiger partial charge in [0, 0.05) is 30.4 Å². The Labute approximate surface area is 189 Å². The lowest BCUT2D eigenvalue weighted by molar-refractivity contribution is -0.386. The summed E-state index contributed by atoms with van der Waals surface area (Å²) in [5, 5.41) is 20.5. The van der Waals surface area contributed by atoms with Crippen molar-refractivity contribution in [2.45, 2.75) is 18.4 Å². The zero-order valence-corrected chi connectivity index (χ0v) is 18.3. The van der Waals surface area contributed by atoms with Gasteiger partial charge in [0.05, 0.1) is 9.82 Å². The summed E-state index contributed by atoms with van der Waals surface area (Å²) >= 11 is 0. The van der Waals surface area contributed by atoms with E-state index in [-0.39, 0.29) is 18.1 Å². The lowest BCUT2D eigenvalue weighted by Crippen LogP contribution is -2.30. The Kier molecular flexibility index (Phi) is 6.92. The largest absolute Gasteiger partial charge is 0.502 e. The third kappa shape index (κ3) is 5.63. The Hall–Kier alpha value is -3.99. The first-order chi connectivity index (χ1) is 15.6. The first-order valence-corrected chi connectivity index (χ1v) is 11.2. The van der Waals surface area contributed by atoms with E-state index in [4.69, 9.17) is 0 Å². The van der Waals surface area contributed by atoms with E-state index in [0.29, 0.717) is 17.7 Å². The van der Waals surface area contributed by atoms with Gasteiger partial charge < -0.3 is 10.0 Å². The molecule has 0 fully saturated rings. The summed E-state index contributed by atoms with van der Waals surface area (Å²) in [6.07, 6.45) is 0. The summed E-state index contributed by atoms with van der Waals surface area (Å²) in [4.78, 5) is 24.0. The number of phenolic OH excluding ortho intramolecular Hbond substituents is 1. The topological polar surface area (TPSA) is 130 Å². The van der Waals surface area contributed by atoms with Gasteiger partial charge in [-0.3, -0.25) is 19.6 Å². The van der Waals surface area contributed by atoms with E-state index in [1.807, 2.05) is 0 Å². The summed E-state index contributed by atoms with van der Waals surface area (Å²) in [6, 6.07) is 14.3. The molecule has 0 spiro atoms. The maximum absolute atomic E-state index is 13.4. The van der Waals surface area contributed by atoms with Crippen LogP contribution in [0.15, 0.2) is 71.6 Å². The van der Waals surface area contributed by atoms with Crippen LogP contribution in [-0.4, -0.2) is 35.8 Å². The van der Waals surface area contributed by atoms with E-state index >= 15 is 0 Å². The molecule has 0 atom stereocenters. The molecule has 0 unspecified atom stereocenters. The fourth-order valence-corrected chi connectivity index (χ4v) is 4.16. The highest BCUT2D eigenvalue weighted by molar-refractivity contribution is 7.92. The number of benzene rings is 3. The summed E-state index contributed by atoms with van der Waals surface area (Å²) in [7, 11) is -4.18. The molecular formula is C22H20FN3O6S. The fraction of sp³-hybridized carbons (Fsp3) is 0.136. The molecule has 0 aromatic heterocycles. The number of nitro groups is 1. The van der Waals surface area contributed by atoms with E-state index in [1.165, 1.54) is 41.3 Å². The molecule has 9 nitrogen and oxygen atoms in total. The molecule has 3 aromatic carbocycles. The highest BCUT2D eigenvalue weighted by Gasteiger charge is 2.22. The third-order valence-electron chi connectivity index (χ3n) is 4.77. The molecule has 0 radical (unpaired) electrons. The predicted molar refractivity (Wildman–Crippen MR) is 119 cm³/mol. The molecule has 0 aliphatic heterocycles. The number of carbonyl (C=O) groups excluding carboxylic acids is 1. The van der Waals surface area contributed by atoms with Crippen molar-refractivity contribution in [1.29, 1.82) is 0 Å². The van der Waals surface area contributed by atoms with Crippen LogP contribution in [0.3, 0.4) is 0 Å². The van der Waals surface area contributed by atoms with Crippen molar-refractivity contribution in [2.24, 2.45) is 0 Å². The maximum Gasteiger partial charge on any atom is 0.312 e. The normalized spacial score (nSPS) is 11.1. The maximum atomic E-state index is 13.4. The van der Waals surface area contributed by atoms with Crippen LogP contribution in [0.5, 0.6) is 5.75 Å². The minimum absolute atomic E-state index is 0.135. The number of rotatable bonds is 8. The SMILES string of the molecule is CCN(Cc1cccc(F)c1)C(=O)c1ccc(NS(=O)(=O)c2ccc(O)c([N+](=O)[O-])c2)cc1. The molecule has 11 heteroatoms. The van der Waals surface area contributed by atoms with Crippen molar-refractivity contribution in [3.63, 3.8) is 0 Å². The van der Waals surface area contributed by atoms with Crippen molar-refractivity contribution < 1.29 is 27.6 Å². The summed E-state index contributed by atoms with van der Waals surface area (Å²) in [5.41, 5.74) is 0.335. The van der Waals surface area contributed by atoms with E-state index in [2.05, 4.69) is 4.72 Å². The quantitative estimate of drug-likeness (QED) is 0.377. The van der Waals surface area contributed by atoms with Crippen LogP contribution in [-0.2, 0) is 16.6 Å². The summed E-state index contributed by atoms with van der Waals surface area (Å²) < 4.78 is 40.8. The summed E-state index contributed by atoms with van der Waals surface area (Å²) in [6.45, 7) is 2.38. The molecular weight excluding hydrogens is 453 g/mol. The number of hydrogen-bond acceptors (Lipinski definition) is 6.